The average Bonchev–Trinajstić information content (AvgIpc) is 3.55. The van der Waals surface area contributed by atoms with Crippen LogP contribution in [0.25, 0.3) is 0 Å². The molecule has 0 radical (unpaired) electrons. The Kier molecular flexibility index (Phi) is 3.82. The van der Waals surface area contributed by atoms with Gasteiger partial charge in [0, 0.05) is 30.8 Å². The van der Waals surface area contributed by atoms with Crippen molar-refractivity contribution in [1.82, 2.24) is 15.5 Å². The molecule has 2 N–H and O–H groups in total. The van der Waals surface area contributed by atoms with E-state index in [4.69, 9.17) is 0 Å². The molecule has 1 aromatic rings. The zero-order chi connectivity index (χ0) is 17.7. The standard InChI is InChI=1S/C21H27N3O2/c25-19-10-15(23-20(26)17-12-21(17)6-8-22-9-7-21)13-24(19)18-11-16(18)14-4-2-1-3-5-14/h1-5,15-18,22H,6-13H2,(H,23,26). The van der Waals surface area contributed by atoms with Crippen LogP contribution in [0.5, 0.6) is 0 Å². The molecule has 5 nitrogen and oxygen atoms in total. The summed E-state index contributed by atoms with van der Waals surface area (Å²) < 4.78 is 0. The molecule has 4 unspecified atom stereocenters. The van der Waals surface area contributed by atoms with Crippen LogP contribution in [0.1, 0.15) is 43.6 Å². The quantitative estimate of drug-likeness (QED) is 0.865. The third kappa shape index (κ3) is 2.82. The lowest BCUT2D eigenvalue weighted by molar-refractivity contribution is -0.128. The van der Waals surface area contributed by atoms with Crippen LogP contribution in [0.4, 0.5) is 0 Å². The summed E-state index contributed by atoms with van der Waals surface area (Å²) in [6.07, 6.45) is 4.77. The molecule has 4 aliphatic rings. The van der Waals surface area contributed by atoms with E-state index >= 15 is 0 Å². The van der Waals surface area contributed by atoms with Crippen LogP contribution >= 0.6 is 0 Å². The first-order valence-corrected chi connectivity index (χ1v) is 10.0. The SMILES string of the molecule is O=C(NC1CC(=O)N(C2CC2c2ccccc2)C1)C1CC12CCNCC2. The Morgan fingerprint density at radius 2 is 1.96 bits per heavy atom. The Labute approximate surface area is 154 Å². The summed E-state index contributed by atoms with van der Waals surface area (Å²) in [4.78, 5) is 27.1. The summed E-state index contributed by atoms with van der Waals surface area (Å²) >= 11 is 0. The highest BCUT2D eigenvalue weighted by Gasteiger charge is 2.58. The number of hydrogen-bond donors (Lipinski definition) is 2. The number of piperidine rings is 1. The van der Waals surface area contributed by atoms with Gasteiger partial charge in [0.1, 0.15) is 0 Å². The van der Waals surface area contributed by atoms with Crippen LogP contribution in [0.3, 0.4) is 0 Å². The summed E-state index contributed by atoms with van der Waals surface area (Å²) in [5, 5.41) is 6.57. The van der Waals surface area contributed by atoms with Crippen molar-refractivity contribution in [3.63, 3.8) is 0 Å². The second-order valence-corrected chi connectivity index (χ2v) is 8.65. The first kappa shape index (κ1) is 16.3. The Morgan fingerprint density at radius 1 is 1.19 bits per heavy atom. The maximum absolute atomic E-state index is 12.7. The van der Waals surface area contributed by atoms with Crippen molar-refractivity contribution >= 4 is 11.8 Å². The normalized spacial score (nSPS) is 34.8. The van der Waals surface area contributed by atoms with Gasteiger partial charge in [-0.1, -0.05) is 30.3 Å². The molecule has 2 aliphatic heterocycles. The van der Waals surface area contributed by atoms with E-state index in [1.807, 2.05) is 11.0 Å². The zero-order valence-corrected chi connectivity index (χ0v) is 15.1. The third-order valence-corrected chi connectivity index (χ3v) is 7.00. The van der Waals surface area contributed by atoms with Gasteiger partial charge in [-0.3, -0.25) is 9.59 Å². The van der Waals surface area contributed by atoms with Crippen molar-refractivity contribution in [2.75, 3.05) is 19.6 Å². The molecule has 4 atom stereocenters. The smallest absolute Gasteiger partial charge is 0.225 e. The lowest BCUT2D eigenvalue weighted by Gasteiger charge is -2.23. The molecule has 2 heterocycles. The average molecular weight is 353 g/mol. The van der Waals surface area contributed by atoms with Crippen molar-refractivity contribution in [2.45, 2.75) is 50.1 Å². The molecule has 4 fully saturated rings. The largest absolute Gasteiger partial charge is 0.351 e. The highest BCUT2D eigenvalue weighted by Crippen LogP contribution is 2.58. The van der Waals surface area contributed by atoms with Gasteiger partial charge >= 0.3 is 0 Å². The molecule has 26 heavy (non-hydrogen) atoms. The van der Waals surface area contributed by atoms with Gasteiger partial charge < -0.3 is 15.5 Å². The predicted octanol–water partition coefficient (Wildman–Crippen LogP) is 1.65. The first-order chi connectivity index (χ1) is 12.7. The van der Waals surface area contributed by atoms with E-state index in [1.165, 1.54) is 5.56 Å². The van der Waals surface area contributed by atoms with Crippen molar-refractivity contribution in [1.29, 1.82) is 0 Å². The summed E-state index contributed by atoms with van der Waals surface area (Å²) in [5.74, 6) is 1.02. The number of amides is 2. The van der Waals surface area contributed by atoms with Gasteiger partial charge in [-0.05, 0) is 49.8 Å². The van der Waals surface area contributed by atoms with Crippen LogP contribution in [0.15, 0.2) is 30.3 Å². The van der Waals surface area contributed by atoms with E-state index in [0.717, 1.165) is 38.8 Å². The molecule has 138 valence electrons. The maximum Gasteiger partial charge on any atom is 0.225 e. The summed E-state index contributed by atoms with van der Waals surface area (Å²) in [6.45, 7) is 2.74. The number of carbonyl (C=O) groups is 2. The molecule has 5 heteroatoms. The lowest BCUT2D eigenvalue weighted by Crippen LogP contribution is -2.40. The predicted molar refractivity (Wildman–Crippen MR) is 98.5 cm³/mol. The van der Waals surface area contributed by atoms with E-state index in [9.17, 15) is 9.59 Å². The number of likely N-dealkylation sites (tertiary alicyclic amines) is 1. The second kappa shape index (κ2) is 6.08. The molecular weight excluding hydrogens is 326 g/mol. The van der Waals surface area contributed by atoms with Gasteiger partial charge in [0.15, 0.2) is 0 Å². The fourth-order valence-corrected chi connectivity index (χ4v) is 5.23. The highest BCUT2D eigenvalue weighted by molar-refractivity contribution is 5.85. The van der Waals surface area contributed by atoms with E-state index in [2.05, 4.69) is 34.9 Å². The molecule has 2 aliphatic carbocycles. The summed E-state index contributed by atoms with van der Waals surface area (Å²) in [6, 6.07) is 10.8. The summed E-state index contributed by atoms with van der Waals surface area (Å²) in [7, 11) is 0. The van der Waals surface area contributed by atoms with E-state index in [1.54, 1.807) is 0 Å². The van der Waals surface area contributed by atoms with E-state index in [0.29, 0.717) is 24.9 Å². The Bertz CT molecular complexity index is 713. The minimum atomic E-state index is -0.00797. The van der Waals surface area contributed by atoms with E-state index in [-0.39, 0.29) is 29.2 Å². The molecule has 0 aromatic heterocycles. The van der Waals surface area contributed by atoms with Gasteiger partial charge in [0.2, 0.25) is 11.8 Å². The number of rotatable bonds is 4. The first-order valence-electron chi connectivity index (χ1n) is 10.0. The van der Waals surface area contributed by atoms with Gasteiger partial charge in [-0.2, -0.15) is 0 Å². The van der Waals surface area contributed by atoms with Crippen molar-refractivity contribution in [2.24, 2.45) is 11.3 Å². The molecule has 2 amide bonds. The maximum atomic E-state index is 12.7. The number of nitrogens with one attached hydrogen (secondary N) is 2. The summed E-state index contributed by atoms with van der Waals surface area (Å²) in [5.41, 5.74) is 1.58. The number of nitrogens with zero attached hydrogens (tertiary/aromatic N) is 1. The minimum absolute atomic E-state index is 0.00797. The Balaban J connectivity index is 1.16. The van der Waals surface area contributed by atoms with Gasteiger partial charge in [-0.15, -0.1) is 0 Å². The number of hydrogen-bond acceptors (Lipinski definition) is 3. The highest BCUT2D eigenvalue weighted by atomic mass is 16.2. The van der Waals surface area contributed by atoms with Crippen LogP contribution in [0, 0.1) is 11.3 Å². The number of carbonyl (C=O) groups excluding carboxylic acids is 2. The molecule has 5 rings (SSSR count). The second-order valence-electron chi connectivity index (χ2n) is 8.65. The van der Waals surface area contributed by atoms with Gasteiger partial charge in [0.25, 0.3) is 0 Å². The fourth-order valence-electron chi connectivity index (χ4n) is 5.23. The fraction of sp³-hybridized carbons (Fsp3) is 0.619. The Morgan fingerprint density at radius 3 is 2.73 bits per heavy atom. The topological polar surface area (TPSA) is 61.4 Å². The van der Waals surface area contributed by atoms with E-state index < -0.39 is 0 Å². The van der Waals surface area contributed by atoms with Crippen molar-refractivity contribution in [3.8, 4) is 0 Å². The third-order valence-electron chi connectivity index (χ3n) is 7.00. The molecule has 1 spiro atoms. The van der Waals surface area contributed by atoms with Gasteiger partial charge in [0.05, 0.1) is 6.04 Å². The zero-order valence-electron chi connectivity index (χ0n) is 15.1. The van der Waals surface area contributed by atoms with Crippen molar-refractivity contribution < 1.29 is 9.59 Å². The van der Waals surface area contributed by atoms with Crippen LogP contribution in [0.2, 0.25) is 0 Å². The molecule has 2 saturated carbocycles. The van der Waals surface area contributed by atoms with Crippen LogP contribution < -0.4 is 10.6 Å². The minimum Gasteiger partial charge on any atom is -0.351 e. The van der Waals surface area contributed by atoms with Crippen molar-refractivity contribution in [3.05, 3.63) is 35.9 Å². The van der Waals surface area contributed by atoms with Crippen LogP contribution in [-0.2, 0) is 9.59 Å². The molecule has 0 bridgehead atoms. The van der Waals surface area contributed by atoms with Gasteiger partial charge in [-0.25, -0.2) is 0 Å². The monoisotopic (exact) mass is 353 g/mol. The Hall–Kier alpha value is -1.88. The molecule has 1 aromatic carbocycles. The number of benzene rings is 1. The molecule has 2 saturated heterocycles. The molecular formula is C21H27N3O2. The lowest BCUT2D eigenvalue weighted by atomic mass is 9.91. The van der Waals surface area contributed by atoms with Crippen LogP contribution in [-0.4, -0.2) is 48.4 Å².